The molecule has 2 rings (SSSR count). The van der Waals surface area contributed by atoms with Crippen molar-refractivity contribution in [2.45, 2.75) is 37.8 Å². The molecule has 0 bridgehead atoms. The molecule has 124 valence electrons. The molecule has 0 aliphatic rings. The number of hydrogen-bond donors (Lipinski definition) is 1. The maximum atomic E-state index is 12.1. The number of benzene rings is 1. The van der Waals surface area contributed by atoms with Gasteiger partial charge in [0.1, 0.15) is 0 Å². The van der Waals surface area contributed by atoms with Crippen molar-refractivity contribution in [1.82, 2.24) is 15.1 Å². The van der Waals surface area contributed by atoms with Crippen LogP contribution in [0.2, 0.25) is 0 Å². The van der Waals surface area contributed by atoms with Crippen LogP contribution in [0.25, 0.3) is 0 Å². The van der Waals surface area contributed by atoms with E-state index in [0.29, 0.717) is 0 Å². The molecular formula is C16H21N3O3S. The Morgan fingerprint density at radius 2 is 1.96 bits per heavy atom. The van der Waals surface area contributed by atoms with Gasteiger partial charge < -0.3 is 5.32 Å². The topological polar surface area (TPSA) is 81.1 Å². The van der Waals surface area contributed by atoms with Gasteiger partial charge in [-0.05, 0) is 32.0 Å². The van der Waals surface area contributed by atoms with Crippen LogP contribution in [-0.2, 0) is 21.2 Å². The van der Waals surface area contributed by atoms with Gasteiger partial charge in [-0.15, -0.1) is 0 Å². The van der Waals surface area contributed by atoms with Crippen molar-refractivity contribution in [2.75, 3.05) is 5.75 Å². The third kappa shape index (κ3) is 4.66. The Labute approximate surface area is 136 Å². The van der Waals surface area contributed by atoms with Crippen LogP contribution < -0.4 is 5.32 Å². The highest BCUT2D eigenvalue weighted by molar-refractivity contribution is 7.91. The number of aromatic nitrogens is 2. The lowest BCUT2D eigenvalue weighted by Gasteiger charge is -2.11. The molecule has 1 heterocycles. The van der Waals surface area contributed by atoms with Crippen LogP contribution in [0.3, 0.4) is 0 Å². The first-order valence-corrected chi connectivity index (χ1v) is 9.18. The van der Waals surface area contributed by atoms with E-state index in [1.54, 1.807) is 22.9 Å². The first-order valence-electron chi connectivity index (χ1n) is 7.53. The van der Waals surface area contributed by atoms with Crippen molar-refractivity contribution in [2.24, 2.45) is 0 Å². The average molecular weight is 335 g/mol. The second-order valence-corrected chi connectivity index (χ2v) is 7.38. The summed E-state index contributed by atoms with van der Waals surface area (Å²) in [5.74, 6) is -0.512. The second kappa shape index (κ2) is 7.41. The van der Waals surface area contributed by atoms with Crippen LogP contribution in [-0.4, -0.2) is 29.9 Å². The van der Waals surface area contributed by atoms with Crippen LogP contribution >= 0.6 is 0 Å². The van der Waals surface area contributed by atoms with E-state index >= 15 is 0 Å². The quantitative estimate of drug-likeness (QED) is 0.838. The highest BCUT2D eigenvalue weighted by Gasteiger charge is 2.18. The van der Waals surface area contributed by atoms with E-state index in [9.17, 15) is 13.2 Å². The lowest BCUT2D eigenvalue weighted by atomic mass is 10.2. The fraction of sp³-hybridized carbons (Fsp3) is 0.375. The summed E-state index contributed by atoms with van der Waals surface area (Å²) in [5.41, 5.74) is 0.756. The minimum absolute atomic E-state index is 0.0734. The number of aryl methyl sites for hydroxylation is 1. The predicted molar refractivity (Wildman–Crippen MR) is 87.6 cm³/mol. The standard InChI is InChI=1S/C16H21N3O3S/c1-3-19-11-9-15(18-19)13(2)17-16(20)10-12-23(21,22)14-7-5-4-6-8-14/h4-9,11,13H,3,10,12H2,1-2H3,(H,17,20)/t13-/m0/s1. The summed E-state index contributed by atoms with van der Waals surface area (Å²) in [4.78, 5) is 12.2. The summed E-state index contributed by atoms with van der Waals surface area (Å²) in [6.07, 6.45) is 1.77. The van der Waals surface area contributed by atoms with Crippen molar-refractivity contribution >= 4 is 15.7 Å². The average Bonchev–Trinajstić information content (AvgIpc) is 3.03. The Bertz CT molecular complexity index is 754. The Morgan fingerprint density at radius 1 is 1.26 bits per heavy atom. The zero-order chi connectivity index (χ0) is 16.9. The molecule has 23 heavy (non-hydrogen) atoms. The van der Waals surface area contributed by atoms with Crippen molar-refractivity contribution in [3.8, 4) is 0 Å². The van der Waals surface area contributed by atoms with Crippen LogP contribution in [0.4, 0.5) is 0 Å². The van der Waals surface area contributed by atoms with Gasteiger partial charge in [0.2, 0.25) is 5.91 Å². The molecule has 0 saturated heterocycles. The van der Waals surface area contributed by atoms with Gasteiger partial charge in [0.05, 0.1) is 22.4 Å². The fourth-order valence-electron chi connectivity index (χ4n) is 2.14. The first kappa shape index (κ1) is 17.2. The van der Waals surface area contributed by atoms with Gasteiger partial charge in [0.25, 0.3) is 0 Å². The van der Waals surface area contributed by atoms with Crippen molar-refractivity contribution < 1.29 is 13.2 Å². The number of rotatable bonds is 7. The number of nitrogens with one attached hydrogen (secondary N) is 1. The molecule has 0 spiro atoms. The monoisotopic (exact) mass is 335 g/mol. The van der Waals surface area contributed by atoms with Gasteiger partial charge in [-0.1, -0.05) is 18.2 Å². The molecule has 0 radical (unpaired) electrons. The molecular weight excluding hydrogens is 314 g/mol. The minimum atomic E-state index is -3.44. The summed E-state index contributed by atoms with van der Waals surface area (Å²) in [6.45, 7) is 4.57. The Morgan fingerprint density at radius 3 is 2.57 bits per heavy atom. The molecule has 1 atom stereocenters. The number of hydrogen-bond acceptors (Lipinski definition) is 4. The Kier molecular flexibility index (Phi) is 5.54. The predicted octanol–water partition coefficient (Wildman–Crippen LogP) is 1.94. The second-order valence-electron chi connectivity index (χ2n) is 5.27. The van der Waals surface area contributed by atoms with E-state index in [2.05, 4.69) is 10.4 Å². The molecule has 1 aromatic heterocycles. The van der Waals surface area contributed by atoms with Gasteiger partial charge in [-0.25, -0.2) is 8.42 Å². The zero-order valence-electron chi connectivity index (χ0n) is 13.3. The van der Waals surface area contributed by atoms with Crippen molar-refractivity contribution in [3.63, 3.8) is 0 Å². The third-order valence-corrected chi connectivity index (χ3v) is 5.24. The van der Waals surface area contributed by atoms with Gasteiger partial charge in [-0.3, -0.25) is 9.48 Å². The smallest absolute Gasteiger partial charge is 0.221 e. The molecule has 6 nitrogen and oxygen atoms in total. The van der Waals surface area contributed by atoms with Crippen molar-refractivity contribution in [3.05, 3.63) is 48.3 Å². The molecule has 7 heteroatoms. The number of carbonyl (C=O) groups excluding carboxylic acids is 1. The number of amides is 1. The summed E-state index contributed by atoms with van der Waals surface area (Å²) < 4.78 is 26.1. The molecule has 0 saturated carbocycles. The lowest BCUT2D eigenvalue weighted by molar-refractivity contribution is -0.121. The molecule has 0 aliphatic carbocycles. The molecule has 2 aromatic rings. The molecule has 0 aliphatic heterocycles. The highest BCUT2D eigenvalue weighted by atomic mass is 32.2. The van der Waals surface area contributed by atoms with E-state index in [1.165, 1.54) is 12.1 Å². The Balaban J connectivity index is 1.90. The lowest BCUT2D eigenvalue weighted by Crippen LogP contribution is -2.28. The summed E-state index contributed by atoms with van der Waals surface area (Å²) in [6, 6.07) is 9.74. The van der Waals surface area contributed by atoms with Crippen LogP contribution in [0.15, 0.2) is 47.5 Å². The molecule has 0 fully saturated rings. The summed E-state index contributed by atoms with van der Waals surface area (Å²) in [7, 11) is -3.44. The minimum Gasteiger partial charge on any atom is -0.348 e. The van der Waals surface area contributed by atoms with E-state index in [-0.39, 0.29) is 29.0 Å². The van der Waals surface area contributed by atoms with Crippen LogP contribution in [0, 0.1) is 0 Å². The van der Waals surface area contributed by atoms with Gasteiger partial charge in [0.15, 0.2) is 9.84 Å². The van der Waals surface area contributed by atoms with Gasteiger partial charge in [0, 0.05) is 19.2 Å². The van der Waals surface area contributed by atoms with Crippen LogP contribution in [0.1, 0.15) is 32.0 Å². The van der Waals surface area contributed by atoms with Gasteiger partial charge in [-0.2, -0.15) is 5.10 Å². The SMILES string of the molecule is CCn1ccc([C@H](C)NC(=O)CCS(=O)(=O)c2ccccc2)n1. The number of nitrogens with zero attached hydrogens (tertiary/aromatic N) is 2. The normalized spacial score (nSPS) is 12.8. The Hall–Kier alpha value is -2.15. The zero-order valence-corrected chi connectivity index (χ0v) is 14.1. The van der Waals surface area contributed by atoms with Crippen molar-refractivity contribution in [1.29, 1.82) is 0 Å². The number of sulfone groups is 1. The fourth-order valence-corrected chi connectivity index (χ4v) is 3.41. The maximum absolute atomic E-state index is 12.1. The first-order chi connectivity index (χ1) is 10.9. The molecule has 1 amide bonds. The largest absolute Gasteiger partial charge is 0.348 e. The van der Waals surface area contributed by atoms with Gasteiger partial charge >= 0.3 is 0 Å². The molecule has 1 N–H and O–H groups in total. The molecule has 0 unspecified atom stereocenters. The van der Waals surface area contributed by atoms with E-state index in [4.69, 9.17) is 0 Å². The highest BCUT2D eigenvalue weighted by Crippen LogP contribution is 2.12. The summed E-state index contributed by atoms with van der Waals surface area (Å²) in [5, 5.41) is 7.10. The summed E-state index contributed by atoms with van der Waals surface area (Å²) >= 11 is 0. The third-order valence-electron chi connectivity index (χ3n) is 3.51. The van der Waals surface area contributed by atoms with E-state index < -0.39 is 9.84 Å². The molecule has 1 aromatic carbocycles. The maximum Gasteiger partial charge on any atom is 0.221 e. The van der Waals surface area contributed by atoms with Crippen LogP contribution in [0.5, 0.6) is 0 Å². The number of carbonyl (C=O) groups is 1. The van der Waals surface area contributed by atoms with E-state index in [0.717, 1.165) is 12.2 Å². The van der Waals surface area contributed by atoms with E-state index in [1.807, 2.05) is 26.1 Å².